The first-order valence-electron chi connectivity index (χ1n) is 8.15. The van der Waals surface area contributed by atoms with Gasteiger partial charge in [0.1, 0.15) is 5.75 Å². The topological polar surface area (TPSA) is 38.3 Å². The second-order valence-corrected chi connectivity index (χ2v) is 5.76. The molecule has 0 aliphatic rings. The van der Waals surface area contributed by atoms with Gasteiger partial charge in [0.2, 0.25) is 0 Å². The predicted molar refractivity (Wildman–Crippen MR) is 95.6 cm³/mol. The van der Waals surface area contributed by atoms with Crippen LogP contribution in [0.25, 0.3) is 0 Å². The van der Waals surface area contributed by atoms with E-state index < -0.39 is 0 Å². The molecule has 1 atom stereocenters. The van der Waals surface area contributed by atoms with Gasteiger partial charge in [-0.2, -0.15) is 0 Å². The number of anilines is 1. The molecule has 3 nitrogen and oxygen atoms in total. The number of ketones is 1. The van der Waals surface area contributed by atoms with E-state index in [9.17, 15) is 4.79 Å². The zero-order valence-electron chi connectivity index (χ0n) is 14.1. The molecule has 0 fully saturated rings. The van der Waals surface area contributed by atoms with E-state index >= 15 is 0 Å². The molecule has 0 aliphatic heterocycles. The minimum Gasteiger partial charge on any atom is -0.497 e. The van der Waals surface area contributed by atoms with Crippen molar-refractivity contribution in [2.24, 2.45) is 0 Å². The van der Waals surface area contributed by atoms with Gasteiger partial charge in [0.25, 0.3) is 0 Å². The van der Waals surface area contributed by atoms with Crippen molar-refractivity contribution in [2.45, 2.75) is 32.6 Å². The fourth-order valence-electron chi connectivity index (χ4n) is 2.41. The summed E-state index contributed by atoms with van der Waals surface area (Å²) in [5, 5.41) is 3.31. The molecule has 23 heavy (non-hydrogen) atoms. The van der Waals surface area contributed by atoms with Crippen molar-refractivity contribution in [2.75, 3.05) is 19.0 Å². The van der Waals surface area contributed by atoms with Crippen molar-refractivity contribution < 1.29 is 9.53 Å². The average molecular weight is 311 g/mol. The van der Waals surface area contributed by atoms with Crippen LogP contribution in [0.1, 0.15) is 48.5 Å². The van der Waals surface area contributed by atoms with Gasteiger partial charge in [-0.25, -0.2) is 0 Å². The van der Waals surface area contributed by atoms with E-state index in [1.54, 1.807) is 7.11 Å². The fraction of sp³-hybridized carbons (Fsp3) is 0.350. The Morgan fingerprint density at radius 3 is 2.30 bits per heavy atom. The maximum absolute atomic E-state index is 12.1. The Labute approximate surface area is 138 Å². The Morgan fingerprint density at radius 2 is 1.74 bits per heavy atom. The lowest BCUT2D eigenvalue weighted by molar-refractivity contribution is 0.0986. The summed E-state index contributed by atoms with van der Waals surface area (Å²) in [6.07, 6.45) is 1.61. The number of hydrogen-bond acceptors (Lipinski definition) is 3. The Morgan fingerprint density at radius 1 is 1.09 bits per heavy atom. The molecule has 0 spiro atoms. The highest BCUT2D eigenvalue weighted by atomic mass is 16.5. The third-order valence-electron chi connectivity index (χ3n) is 4.19. The fourth-order valence-corrected chi connectivity index (χ4v) is 2.41. The van der Waals surface area contributed by atoms with Gasteiger partial charge < -0.3 is 10.1 Å². The SMILES string of the molecule is CCC(C)c1ccc(NCCC(=O)c2ccc(OC)cc2)cc1. The van der Waals surface area contributed by atoms with Crippen LogP contribution >= 0.6 is 0 Å². The van der Waals surface area contributed by atoms with Crippen molar-refractivity contribution in [1.82, 2.24) is 0 Å². The largest absolute Gasteiger partial charge is 0.497 e. The van der Waals surface area contributed by atoms with Gasteiger partial charge in [-0.3, -0.25) is 4.79 Å². The molecule has 3 heteroatoms. The smallest absolute Gasteiger partial charge is 0.164 e. The molecular formula is C20H25NO2. The number of carbonyl (C=O) groups excluding carboxylic acids is 1. The van der Waals surface area contributed by atoms with Gasteiger partial charge >= 0.3 is 0 Å². The van der Waals surface area contributed by atoms with E-state index in [0.29, 0.717) is 18.9 Å². The van der Waals surface area contributed by atoms with Crippen LogP contribution in [0, 0.1) is 0 Å². The number of rotatable bonds is 8. The summed E-state index contributed by atoms with van der Waals surface area (Å²) < 4.78 is 5.10. The van der Waals surface area contributed by atoms with Gasteiger partial charge in [0.15, 0.2) is 5.78 Å². The van der Waals surface area contributed by atoms with Crippen LogP contribution in [0.3, 0.4) is 0 Å². The normalized spacial score (nSPS) is 11.8. The number of ether oxygens (including phenoxy) is 1. The number of hydrogen-bond donors (Lipinski definition) is 1. The molecule has 0 radical (unpaired) electrons. The lowest BCUT2D eigenvalue weighted by Gasteiger charge is -2.11. The summed E-state index contributed by atoms with van der Waals surface area (Å²) >= 11 is 0. The van der Waals surface area contributed by atoms with E-state index in [1.165, 1.54) is 5.56 Å². The highest BCUT2D eigenvalue weighted by Gasteiger charge is 2.06. The van der Waals surface area contributed by atoms with Crippen molar-refractivity contribution in [3.05, 3.63) is 59.7 Å². The molecule has 0 heterocycles. The van der Waals surface area contributed by atoms with Crippen LogP contribution in [0.15, 0.2) is 48.5 Å². The first kappa shape index (κ1) is 17.1. The van der Waals surface area contributed by atoms with E-state index in [2.05, 4.69) is 43.4 Å². The Hall–Kier alpha value is -2.29. The summed E-state index contributed by atoms with van der Waals surface area (Å²) in [5.41, 5.74) is 3.13. The Kier molecular flexibility index (Phi) is 6.21. The molecular weight excluding hydrogens is 286 g/mol. The van der Waals surface area contributed by atoms with Crippen molar-refractivity contribution in [3.8, 4) is 5.75 Å². The zero-order valence-corrected chi connectivity index (χ0v) is 14.1. The van der Waals surface area contributed by atoms with E-state index in [-0.39, 0.29) is 5.78 Å². The van der Waals surface area contributed by atoms with E-state index in [0.717, 1.165) is 23.4 Å². The molecule has 0 aromatic heterocycles. The molecule has 0 amide bonds. The third-order valence-corrected chi connectivity index (χ3v) is 4.19. The summed E-state index contributed by atoms with van der Waals surface area (Å²) in [4.78, 5) is 12.1. The molecule has 0 bridgehead atoms. The van der Waals surface area contributed by atoms with Crippen LogP contribution in [0.5, 0.6) is 5.75 Å². The van der Waals surface area contributed by atoms with E-state index in [1.807, 2.05) is 24.3 Å². The monoisotopic (exact) mass is 311 g/mol. The second kappa shape index (κ2) is 8.37. The summed E-state index contributed by atoms with van der Waals surface area (Å²) in [7, 11) is 1.62. The summed E-state index contributed by atoms with van der Waals surface area (Å²) in [6, 6.07) is 15.7. The Balaban J connectivity index is 1.82. The zero-order chi connectivity index (χ0) is 16.7. The molecule has 1 unspecified atom stereocenters. The number of carbonyl (C=O) groups is 1. The van der Waals surface area contributed by atoms with Gasteiger partial charge in [-0.05, 0) is 54.3 Å². The van der Waals surface area contributed by atoms with Gasteiger partial charge in [0.05, 0.1) is 7.11 Å². The van der Waals surface area contributed by atoms with Crippen molar-refractivity contribution >= 4 is 11.5 Å². The minimum atomic E-state index is 0.136. The molecule has 2 aromatic rings. The van der Waals surface area contributed by atoms with Crippen molar-refractivity contribution in [1.29, 1.82) is 0 Å². The summed E-state index contributed by atoms with van der Waals surface area (Å²) in [5.74, 6) is 1.48. The number of methoxy groups -OCH3 is 1. The van der Waals surface area contributed by atoms with Crippen molar-refractivity contribution in [3.63, 3.8) is 0 Å². The number of benzene rings is 2. The first-order valence-corrected chi connectivity index (χ1v) is 8.15. The van der Waals surface area contributed by atoms with E-state index in [4.69, 9.17) is 4.74 Å². The quantitative estimate of drug-likeness (QED) is 0.705. The maximum Gasteiger partial charge on any atom is 0.164 e. The van der Waals surface area contributed by atoms with Gasteiger partial charge in [-0.15, -0.1) is 0 Å². The molecule has 2 aromatic carbocycles. The number of Topliss-reactive ketones (excluding diaryl/α,β-unsaturated/α-hetero) is 1. The molecule has 2 rings (SSSR count). The van der Waals surface area contributed by atoms with Crippen LogP contribution in [-0.2, 0) is 0 Å². The molecule has 0 saturated heterocycles. The highest BCUT2D eigenvalue weighted by molar-refractivity contribution is 5.96. The van der Waals surface area contributed by atoms with Crippen LogP contribution < -0.4 is 10.1 Å². The molecule has 0 saturated carbocycles. The average Bonchev–Trinajstić information content (AvgIpc) is 2.61. The van der Waals surface area contributed by atoms with Gasteiger partial charge in [-0.1, -0.05) is 26.0 Å². The molecule has 0 aliphatic carbocycles. The maximum atomic E-state index is 12.1. The second-order valence-electron chi connectivity index (χ2n) is 5.76. The predicted octanol–water partition coefficient (Wildman–Crippen LogP) is 4.89. The highest BCUT2D eigenvalue weighted by Crippen LogP contribution is 2.20. The van der Waals surface area contributed by atoms with Crippen LogP contribution in [0.4, 0.5) is 5.69 Å². The lowest BCUT2D eigenvalue weighted by atomic mass is 9.98. The molecule has 122 valence electrons. The van der Waals surface area contributed by atoms with Crippen LogP contribution in [-0.4, -0.2) is 19.4 Å². The molecule has 1 N–H and O–H groups in total. The first-order chi connectivity index (χ1) is 11.1. The lowest BCUT2D eigenvalue weighted by Crippen LogP contribution is -2.09. The Bertz CT molecular complexity index is 617. The summed E-state index contributed by atoms with van der Waals surface area (Å²) in [6.45, 7) is 5.06. The minimum absolute atomic E-state index is 0.136. The standard InChI is InChI=1S/C20H25NO2/c1-4-15(2)16-5-9-18(10-6-16)21-14-13-20(22)17-7-11-19(23-3)12-8-17/h5-12,15,21H,4,13-14H2,1-3H3. The number of nitrogens with one attached hydrogen (secondary N) is 1. The third kappa shape index (κ3) is 4.85. The van der Waals surface area contributed by atoms with Crippen LogP contribution in [0.2, 0.25) is 0 Å². The van der Waals surface area contributed by atoms with Gasteiger partial charge in [0, 0.05) is 24.2 Å².